The van der Waals surface area contributed by atoms with E-state index in [1.54, 1.807) is 13.0 Å². The second-order valence-corrected chi connectivity index (χ2v) is 6.83. The summed E-state index contributed by atoms with van der Waals surface area (Å²) in [5, 5.41) is 11.3. The molecule has 0 fully saturated rings. The summed E-state index contributed by atoms with van der Waals surface area (Å²) in [6, 6.07) is 13.1. The van der Waals surface area contributed by atoms with Crippen LogP contribution in [0.3, 0.4) is 0 Å². The molecule has 0 radical (unpaired) electrons. The Morgan fingerprint density at radius 1 is 1.00 bits per heavy atom. The molecule has 0 unspecified atom stereocenters. The summed E-state index contributed by atoms with van der Waals surface area (Å²) in [4.78, 5) is 25.4. The van der Waals surface area contributed by atoms with Crippen molar-refractivity contribution in [2.75, 3.05) is 6.61 Å². The average molecular weight is 390 g/mol. The number of hydrogen-bond donors (Lipinski definition) is 0. The van der Waals surface area contributed by atoms with Crippen molar-refractivity contribution in [2.45, 2.75) is 27.7 Å². The normalized spacial score (nSPS) is 11.4. The molecule has 29 heavy (non-hydrogen) atoms. The van der Waals surface area contributed by atoms with Gasteiger partial charge in [0.1, 0.15) is 0 Å². The first-order valence-corrected chi connectivity index (χ1v) is 9.17. The van der Waals surface area contributed by atoms with Crippen molar-refractivity contribution in [1.82, 2.24) is 20.2 Å². The molecule has 3 aromatic rings. The molecule has 0 aliphatic carbocycles. The van der Waals surface area contributed by atoms with E-state index in [-0.39, 0.29) is 18.1 Å². The van der Waals surface area contributed by atoms with Gasteiger partial charge in [0, 0.05) is 5.56 Å². The zero-order valence-corrected chi connectivity index (χ0v) is 16.8. The van der Waals surface area contributed by atoms with E-state index in [1.807, 2.05) is 63.2 Å². The van der Waals surface area contributed by atoms with Crippen LogP contribution in [0.5, 0.6) is 0 Å². The Hall–Kier alpha value is -3.61. The highest BCUT2D eigenvalue weighted by Crippen LogP contribution is 2.17. The van der Waals surface area contributed by atoms with Gasteiger partial charge >= 0.3 is 5.97 Å². The summed E-state index contributed by atoms with van der Waals surface area (Å²) in [5.41, 5.74) is 4.44. The monoisotopic (exact) mass is 390 g/mol. The highest BCUT2D eigenvalue weighted by atomic mass is 16.5. The lowest BCUT2D eigenvalue weighted by atomic mass is 9.98. The van der Waals surface area contributed by atoms with E-state index in [9.17, 15) is 9.59 Å². The third kappa shape index (κ3) is 4.63. The fourth-order valence-corrected chi connectivity index (χ4v) is 2.91. The highest BCUT2D eigenvalue weighted by Gasteiger charge is 2.20. The molecule has 1 aromatic heterocycles. The van der Waals surface area contributed by atoms with Crippen LogP contribution in [-0.2, 0) is 9.53 Å². The van der Waals surface area contributed by atoms with Crippen LogP contribution in [0.1, 0.15) is 38.4 Å². The number of benzene rings is 2. The molecule has 148 valence electrons. The molecule has 0 saturated carbocycles. The molecule has 0 saturated heterocycles. The summed E-state index contributed by atoms with van der Waals surface area (Å²) >= 11 is 0. The Labute approximate surface area is 169 Å². The molecule has 0 spiro atoms. The maximum absolute atomic E-state index is 12.8. The van der Waals surface area contributed by atoms with Crippen molar-refractivity contribution >= 4 is 23.5 Å². The molecule has 7 heteroatoms. The average Bonchev–Trinajstić information content (AvgIpc) is 3.13. The van der Waals surface area contributed by atoms with Crippen LogP contribution >= 0.6 is 0 Å². The van der Waals surface area contributed by atoms with Gasteiger partial charge in [0.25, 0.3) is 0 Å². The van der Waals surface area contributed by atoms with Gasteiger partial charge in [-0.3, -0.25) is 4.79 Å². The number of Topliss-reactive ketones (excluding diaryl/α,β-unsaturated/α-hetero) is 1. The molecule has 0 N–H and O–H groups in total. The van der Waals surface area contributed by atoms with Crippen LogP contribution in [-0.4, -0.2) is 38.6 Å². The molecular formula is C22H22N4O3. The van der Waals surface area contributed by atoms with Crippen molar-refractivity contribution in [3.8, 4) is 0 Å². The van der Waals surface area contributed by atoms with Gasteiger partial charge in [-0.25, -0.2) is 4.79 Å². The zero-order valence-electron chi connectivity index (χ0n) is 16.8. The fraction of sp³-hybridized carbons (Fsp3) is 0.227. The summed E-state index contributed by atoms with van der Waals surface area (Å²) in [6.07, 6.45) is 1.62. The number of carbonyl (C=O) groups is 2. The van der Waals surface area contributed by atoms with Crippen molar-refractivity contribution in [2.24, 2.45) is 0 Å². The lowest BCUT2D eigenvalue weighted by Crippen LogP contribution is -2.19. The third-order valence-corrected chi connectivity index (χ3v) is 4.64. The number of carbonyl (C=O) groups excluding carboxylic acids is 2. The number of ether oxygens (including phenoxy) is 1. The van der Waals surface area contributed by atoms with Gasteiger partial charge in [-0.1, -0.05) is 36.4 Å². The zero-order chi connectivity index (χ0) is 21.0. The second kappa shape index (κ2) is 8.60. The first-order chi connectivity index (χ1) is 13.9. The van der Waals surface area contributed by atoms with E-state index in [0.717, 1.165) is 22.3 Å². The molecule has 0 atom stereocenters. The maximum atomic E-state index is 12.8. The Bertz CT molecular complexity index is 1080. The third-order valence-electron chi connectivity index (χ3n) is 4.64. The molecule has 1 heterocycles. The van der Waals surface area contributed by atoms with Crippen molar-refractivity contribution in [1.29, 1.82) is 0 Å². The van der Waals surface area contributed by atoms with Crippen LogP contribution in [0.4, 0.5) is 0 Å². The predicted octanol–water partition coefficient (Wildman–Crippen LogP) is 3.33. The van der Waals surface area contributed by atoms with Crippen molar-refractivity contribution in [3.05, 3.63) is 76.1 Å². The first-order valence-electron chi connectivity index (χ1n) is 9.17. The molecule has 3 rings (SSSR count). The van der Waals surface area contributed by atoms with Gasteiger partial charge in [0.15, 0.2) is 18.1 Å². The maximum Gasteiger partial charge on any atom is 0.357 e. The lowest BCUT2D eigenvalue weighted by molar-refractivity contribution is -0.136. The quantitative estimate of drug-likeness (QED) is 0.364. The van der Waals surface area contributed by atoms with Crippen LogP contribution in [0.2, 0.25) is 0 Å². The molecule has 0 amide bonds. The Morgan fingerprint density at radius 3 is 2.34 bits per heavy atom. The van der Waals surface area contributed by atoms with Gasteiger partial charge in [0.05, 0.1) is 0 Å². The van der Waals surface area contributed by atoms with Gasteiger partial charge in [-0.2, -0.15) is 4.68 Å². The number of tetrazole rings is 1. The summed E-state index contributed by atoms with van der Waals surface area (Å²) in [5.74, 6) is -0.508. The van der Waals surface area contributed by atoms with Gasteiger partial charge < -0.3 is 4.74 Å². The Kier molecular flexibility index (Phi) is 5.97. The number of rotatable bonds is 6. The standard InChI is InChI=1S/C22H22N4O3/c1-14-10-16(3)19(11-15(14)2)21(27)13-29-22(28)20(26-17(4)23-24-25-26)12-18-8-6-5-7-9-18/h5-12H,13H2,1-4H3/b20-12-. The van der Waals surface area contributed by atoms with E-state index in [0.29, 0.717) is 11.4 Å². The van der Waals surface area contributed by atoms with Crippen LogP contribution in [0.25, 0.3) is 11.8 Å². The minimum absolute atomic E-state index is 0.128. The van der Waals surface area contributed by atoms with E-state index in [4.69, 9.17) is 4.74 Å². The van der Waals surface area contributed by atoms with Gasteiger partial charge in [-0.15, -0.1) is 5.10 Å². The lowest BCUT2D eigenvalue weighted by Gasteiger charge is -2.11. The number of hydrogen-bond acceptors (Lipinski definition) is 6. The van der Waals surface area contributed by atoms with Crippen LogP contribution in [0, 0.1) is 27.7 Å². The fourth-order valence-electron chi connectivity index (χ4n) is 2.91. The number of ketones is 1. The van der Waals surface area contributed by atoms with E-state index in [1.165, 1.54) is 4.68 Å². The minimum Gasteiger partial charge on any atom is -0.453 e. The van der Waals surface area contributed by atoms with E-state index in [2.05, 4.69) is 15.5 Å². The topological polar surface area (TPSA) is 87.0 Å². The number of nitrogens with zero attached hydrogens (tertiary/aromatic N) is 4. The largest absolute Gasteiger partial charge is 0.453 e. The SMILES string of the molecule is Cc1cc(C)c(C(=O)COC(=O)/C(=C/c2ccccc2)n2nnnc2C)cc1C. The predicted molar refractivity (Wildman–Crippen MR) is 109 cm³/mol. The smallest absolute Gasteiger partial charge is 0.357 e. The van der Waals surface area contributed by atoms with E-state index >= 15 is 0 Å². The summed E-state index contributed by atoms with van der Waals surface area (Å²) in [7, 11) is 0. The number of aromatic nitrogens is 4. The summed E-state index contributed by atoms with van der Waals surface area (Å²) in [6.45, 7) is 7.11. The van der Waals surface area contributed by atoms with Gasteiger partial charge in [0.2, 0.25) is 5.78 Å². The second-order valence-electron chi connectivity index (χ2n) is 6.83. The molecular weight excluding hydrogens is 368 g/mol. The molecule has 0 bridgehead atoms. The van der Waals surface area contributed by atoms with Gasteiger partial charge in [-0.05, 0) is 72.5 Å². The molecule has 0 aliphatic rings. The minimum atomic E-state index is -0.681. The molecule has 2 aromatic carbocycles. The number of esters is 1. The number of aryl methyl sites for hydroxylation is 4. The molecule has 7 nitrogen and oxygen atoms in total. The highest BCUT2D eigenvalue weighted by molar-refractivity contribution is 6.16. The Balaban J connectivity index is 1.83. The summed E-state index contributed by atoms with van der Waals surface area (Å²) < 4.78 is 6.62. The van der Waals surface area contributed by atoms with Crippen molar-refractivity contribution < 1.29 is 14.3 Å². The van der Waals surface area contributed by atoms with E-state index < -0.39 is 5.97 Å². The Morgan fingerprint density at radius 2 is 1.69 bits per heavy atom. The first kappa shape index (κ1) is 20.1. The molecule has 0 aliphatic heterocycles. The van der Waals surface area contributed by atoms with Crippen molar-refractivity contribution in [3.63, 3.8) is 0 Å². The van der Waals surface area contributed by atoms with Crippen LogP contribution < -0.4 is 0 Å². The van der Waals surface area contributed by atoms with Crippen LogP contribution in [0.15, 0.2) is 42.5 Å².